The van der Waals surface area contributed by atoms with Gasteiger partial charge < -0.3 is 22.8 Å². The highest BCUT2D eigenvalue weighted by molar-refractivity contribution is 6.60. The molecule has 0 N–H and O–H groups in total. The van der Waals surface area contributed by atoms with Crippen LogP contribution in [-0.2, 0) is 22.8 Å². The van der Waals surface area contributed by atoms with E-state index < -0.39 is 8.80 Å². The van der Waals surface area contributed by atoms with Crippen molar-refractivity contribution in [2.24, 2.45) is 0 Å². The molecular weight excluding hydrogens is 264 g/mol. The van der Waals surface area contributed by atoms with Gasteiger partial charge in [-0.2, -0.15) is 0 Å². The molecule has 114 valence electrons. The van der Waals surface area contributed by atoms with Crippen LogP contribution in [0.5, 0.6) is 0 Å². The lowest BCUT2D eigenvalue weighted by molar-refractivity contribution is 0.0194. The highest BCUT2D eigenvalue weighted by Gasteiger charge is 2.42. The zero-order valence-corrected chi connectivity index (χ0v) is 13.5. The molecule has 1 saturated heterocycles. The first-order chi connectivity index (χ1) is 9.26. The van der Waals surface area contributed by atoms with Crippen LogP contribution in [0.25, 0.3) is 0 Å². The van der Waals surface area contributed by atoms with E-state index in [1.165, 1.54) is 0 Å². The van der Waals surface area contributed by atoms with Crippen molar-refractivity contribution in [3.05, 3.63) is 0 Å². The summed E-state index contributed by atoms with van der Waals surface area (Å²) < 4.78 is 28.6. The molecule has 19 heavy (non-hydrogen) atoms. The van der Waals surface area contributed by atoms with Crippen molar-refractivity contribution in [2.75, 3.05) is 39.3 Å². The molecule has 1 heterocycles. The molecule has 0 saturated carbocycles. The topological polar surface area (TPSA) is 49.5 Å². The van der Waals surface area contributed by atoms with Gasteiger partial charge in [0.2, 0.25) is 0 Å². The minimum atomic E-state index is -2.68. The van der Waals surface area contributed by atoms with Gasteiger partial charge in [-0.1, -0.05) is 20.8 Å². The van der Waals surface area contributed by atoms with Crippen molar-refractivity contribution in [3.8, 4) is 0 Å². The van der Waals surface area contributed by atoms with Gasteiger partial charge in [0.25, 0.3) is 0 Å². The molecule has 5 nitrogen and oxygen atoms in total. The van der Waals surface area contributed by atoms with E-state index in [-0.39, 0.29) is 6.10 Å². The zero-order chi connectivity index (χ0) is 14.0. The van der Waals surface area contributed by atoms with E-state index in [2.05, 4.69) is 20.8 Å². The van der Waals surface area contributed by atoms with Crippen LogP contribution in [0.1, 0.15) is 40.0 Å². The molecule has 1 aliphatic rings. The Balaban J connectivity index is 2.45. The second-order valence-electron chi connectivity index (χ2n) is 4.70. The van der Waals surface area contributed by atoms with Crippen molar-refractivity contribution in [3.63, 3.8) is 0 Å². The van der Waals surface area contributed by atoms with Crippen LogP contribution in [0.2, 0.25) is 0 Å². The number of rotatable bonds is 13. The smallest absolute Gasteiger partial charge is 0.374 e. The molecule has 1 aliphatic heterocycles. The molecule has 0 bridgehead atoms. The first-order valence-electron chi connectivity index (χ1n) is 7.37. The number of ether oxygens (including phenoxy) is 2. The fourth-order valence-electron chi connectivity index (χ4n) is 1.50. The Bertz CT molecular complexity index is 201. The summed E-state index contributed by atoms with van der Waals surface area (Å²) in [7, 11) is -2.68. The lowest BCUT2D eigenvalue weighted by atomic mass is 10.5. The van der Waals surface area contributed by atoms with E-state index >= 15 is 0 Å². The molecule has 0 aromatic heterocycles. The summed E-state index contributed by atoms with van der Waals surface area (Å²) >= 11 is 0. The molecule has 1 fully saturated rings. The first-order valence-corrected chi connectivity index (χ1v) is 9.30. The third kappa shape index (κ3) is 7.39. The number of epoxide rings is 1. The maximum absolute atomic E-state index is 5.91. The normalized spacial score (nSPS) is 18.8. The molecular formula is C13H28O5Si. The SMILES string of the molecule is CCCO[Si](COCC1CO1)(OCCC)OCCC. The Morgan fingerprint density at radius 2 is 1.42 bits per heavy atom. The van der Waals surface area contributed by atoms with Gasteiger partial charge in [0, 0.05) is 19.8 Å². The van der Waals surface area contributed by atoms with E-state index in [9.17, 15) is 0 Å². The van der Waals surface area contributed by atoms with Crippen molar-refractivity contribution in [1.29, 1.82) is 0 Å². The summed E-state index contributed by atoms with van der Waals surface area (Å²) in [4.78, 5) is 0. The second-order valence-corrected chi connectivity index (χ2v) is 7.22. The van der Waals surface area contributed by atoms with Gasteiger partial charge in [-0.3, -0.25) is 0 Å². The monoisotopic (exact) mass is 292 g/mol. The first kappa shape index (κ1) is 17.1. The quantitative estimate of drug-likeness (QED) is 0.384. The van der Waals surface area contributed by atoms with Crippen LogP contribution in [0.3, 0.4) is 0 Å². The van der Waals surface area contributed by atoms with E-state index in [1.54, 1.807) is 0 Å². The summed E-state index contributed by atoms with van der Waals surface area (Å²) in [5.74, 6) is 0. The summed E-state index contributed by atoms with van der Waals surface area (Å²) in [5.41, 5.74) is 0. The molecule has 0 aliphatic carbocycles. The average Bonchev–Trinajstić information content (AvgIpc) is 3.24. The van der Waals surface area contributed by atoms with Gasteiger partial charge in [0.05, 0.1) is 13.2 Å². The molecule has 1 rings (SSSR count). The predicted molar refractivity (Wildman–Crippen MR) is 75.0 cm³/mol. The Kier molecular flexibility index (Phi) is 8.85. The van der Waals surface area contributed by atoms with Gasteiger partial charge in [0.1, 0.15) is 12.3 Å². The van der Waals surface area contributed by atoms with Gasteiger partial charge in [-0.05, 0) is 19.3 Å². The molecule has 0 aromatic carbocycles. The lowest BCUT2D eigenvalue weighted by Gasteiger charge is -2.29. The number of hydrogen-bond donors (Lipinski definition) is 0. The summed E-state index contributed by atoms with van der Waals surface area (Å²) in [6.45, 7) is 9.62. The van der Waals surface area contributed by atoms with Gasteiger partial charge in [-0.25, -0.2) is 0 Å². The molecule has 0 amide bonds. The molecule has 0 aromatic rings. The van der Waals surface area contributed by atoms with Crippen LogP contribution in [0, 0.1) is 0 Å². The molecule has 0 spiro atoms. The third-order valence-electron chi connectivity index (χ3n) is 2.56. The molecule has 1 unspecified atom stereocenters. The van der Waals surface area contributed by atoms with Crippen LogP contribution >= 0.6 is 0 Å². The van der Waals surface area contributed by atoms with Crippen LogP contribution < -0.4 is 0 Å². The van der Waals surface area contributed by atoms with Crippen LogP contribution in [0.15, 0.2) is 0 Å². The summed E-state index contributed by atoms with van der Waals surface area (Å²) in [6.07, 6.45) is 3.53. The maximum Gasteiger partial charge on any atom is 0.528 e. The van der Waals surface area contributed by atoms with E-state index in [0.29, 0.717) is 32.7 Å². The largest absolute Gasteiger partial charge is 0.528 e. The Morgan fingerprint density at radius 1 is 0.947 bits per heavy atom. The maximum atomic E-state index is 5.91. The van der Waals surface area contributed by atoms with Crippen LogP contribution in [-0.4, -0.2) is 54.2 Å². The highest BCUT2D eigenvalue weighted by Crippen LogP contribution is 2.15. The predicted octanol–water partition coefficient (Wildman–Crippen LogP) is 2.16. The summed E-state index contributed by atoms with van der Waals surface area (Å²) in [6, 6.07) is 0. The van der Waals surface area contributed by atoms with Crippen molar-refractivity contribution >= 4 is 8.80 Å². The van der Waals surface area contributed by atoms with E-state index in [1.807, 2.05) is 0 Å². The Labute approximate surface area is 117 Å². The molecule has 6 heteroatoms. The lowest BCUT2D eigenvalue weighted by Crippen LogP contribution is -2.51. The number of hydrogen-bond acceptors (Lipinski definition) is 5. The zero-order valence-electron chi connectivity index (χ0n) is 12.5. The van der Waals surface area contributed by atoms with Crippen molar-refractivity contribution < 1.29 is 22.8 Å². The minimum absolute atomic E-state index is 0.259. The third-order valence-corrected chi connectivity index (χ3v) is 5.05. The van der Waals surface area contributed by atoms with Gasteiger partial charge in [-0.15, -0.1) is 0 Å². The molecule has 0 radical (unpaired) electrons. The average molecular weight is 292 g/mol. The minimum Gasteiger partial charge on any atom is -0.374 e. The Hall–Kier alpha value is 0.0169. The highest BCUT2D eigenvalue weighted by atomic mass is 28.4. The second kappa shape index (κ2) is 9.85. The Morgan fingerprint density at radius 3 is 1.79 bits per heavy atom. The van der Waals surface area contributed by atoms with E-state index in [4.69, 9.17) is 22.8 Å². The van der Waals surface area contributed by atoms with Gasteiger partial charge >= 0.3 is 8.80 Å². The van der Waals surface area contributed by atoms with Crippen LogP contribution in [0.4, 0.5) is 0 Å². The van der Waals surface area contributed by atoms with Crippen molar-refractivity contribution in [2.45, 2.75) is 46.1 Å². The standard InChI is InChI=1S/C13H28O5Si/c1-4-7-16-19(17-8-5-2,18-9-6-3)12-14-10-13-11-15-13/h13H,4-12H2,1-3H3. The fourth-order valence-corrected chi connectivity index (χ4v) is 3.92. The van der Waals surface area contributed by atoms with Crippen molar-refractivity contribution in [1.82, 2.24) is 0 Å². The molecule has 1 atom stereocenters. The van der Waals surface area contributed by atoms with Gasteiger partial charge in [0.15, 0.2) is 0 Å². The summed E-state index contributed by atoms with van der Waals surface area (Å²) in [5, 5.41) is 0. The van der Waals surface area contributed by atoms with E-state index in [0.717, 1.165) is 25.9 Å². The fraction of sp³-hybridized carbons (Fsp3) is 1.00.